The van der Waals surface area contributed by atoms with Crippen molar-refractivity contribution in [3.63, 3.8) is 0 Å². The average Bonchev–Trinajstić information content (AvgIpc) is 3.03. The van der Waals surface area contributed by atoms with Crippen molar-refractivity contribution < 1.29 is 9.18 Å². The van der Waals surface area contributed by atoms with Gasteiger partial charge in [-0.3, -0.25) is 10.1 Å². The van der Waals surface area contributed by atoms with Crippen LogP contribution in [0.4, 0.5) is 9.52 Å². The van der Waals surface area contributed by atoms with Crippen LogP contribution in [0.25, 0.3) is 11.3 Å². The van der Waals surface area contributed by atoms with E-state index >= 15 is 0 Å². The van der Waals surface area contributed by atoms with Crippen LogP contribution in [0.3, 0.4) is 0 Å². The summed E-state index contributed by atoms with van der Waals surface area (Å²) in [6.45, 7) is 6.51. The Morgan fingerprint density at radius 2 is 1.84 bits per heavy atom. The summed E-state index contributed by atoms with van der Waals surface area (Å²) in [6.07, 6.45) is 1.20. The molecule has 0 atom stereocenters. The van der Waals surface area contributed by atoms with Crippen LogP contribution in [-0.4, -0.2) is 15.9 Å². The summed E-state index contributed by atoms with van der Waals surface area (Å²) in [6, 6.07) is 10.8. The molecule has 6 heteroatoms. The highest BCUT2D eigenvalue weighted by molar-refractivity contribution is 7.14. The van der Waals surface area contributed by atoms with E-state index in [0.29, 0.717) is 5.13 Å². The third-order valence-corrected chi connectivity index (χ3v) is 4.52. The third kappa shape index (κ3) is 4.09. The highest BCUT2D eigenvalue weighted by Gasteiger charge is 2.14. The second kappa shape index (κ2) is 6.72. The Kier molecular flexibility index (Phi) is 4.63. The summed E-state index contributed by atoms with van der Waals surface area (Å²) in [4.78, 5) is 20.0. The van der Waals surface area contributed by atoms with E-state index in [-0.39, 0.29) is 16.9 Å². The van der Waals surface area contributed by atoms with Crippen molar-refractivity contribution in [2.45, 2.75) is 26.2 Å². The summed E-state index contributed by atoms with van der Waals surface area (Å²) < 4.78 is 12.8. The summed E-state index contributed by atoms with van der Waals surface area (Å²) >= 11 is 1.34. The summed E-state index contributed by atoms with van der Waals surface area (Å²) in [5.74, 6) is -0.983. The fourth-order valence-electron chi connectivity index (χ4n) is 2.28. The molecule has 1 N–H and O–H groups in total. The van der Waals surface area contributed by atoms with Crippen LogP contribution >= 0.6 is 11.3 Å². The van der Waals surface area contributed by atoms with Crippen molar-refractivity contribution in [1.82, 2.24) is 9.97 Å². The number of anilines is 1. The largest absolute Gasteiger partial charge is 0.298 e. The maximum absolute atomic E-state index is 12.8. The van der Waals surface area contributed by atoms with E-state index in [4.69, 9.17) is 0 Å². The Bertz CT molecular complexity index is 880. The number of carbonyl (C=O) groups excluding carboxylic acids is 1. The predicted molar refractivity (Wildman–Crippen MR) is 98.4 cm³/mol. The lowest BCUT2D eigenvalue weighted by atomic mass is 9.86. The smallest absolute Gasteiger partial charge is 0.259 e. The molecule has 0 spiro atoms. The number of halogens is 1. The van der Waals surface area contributed by atoms with Gasteiger partial charge in [-0.25, -0.2) is 9.97 Å². The first-order valence-corrected chi connectivity index (χ1v) is 8.70. The lowest BCUT2D eigenvalue weighted by molar-refractivity contribution is 0.102. The molecule has 3 rings (SSSR count). The number of pyridine rings is 1. The molecule has 0 radical (unpaired) electrons. The van der Waals surface area contributed by atoms with Gasteiger partial charge in [0.2, 0.25) is 5.95 Å². The Morgan fingerprint density at radius 1 is 1.12 bits per heavy atom. The second-order valence-electron chi connectivity index (χ2n) is 6.69. The predicted octanol–water partition coefficient (Wildman–Crippen LogP) is 4.89. The molecule has 0 fully saturated rings. The number of hydrogen-bond donors (Lipinski definition) is 1. The zero-order valence-electron chi connectivity index (χ0n) is 14.2. The Hall–Kier alpha value is -2.60. The van der Waals surface area contributed by atoms with Gasteiger partial charge in [-0.2, -0.15) is 4.39 Å². The first-order chi connectivity index (χ1) is 11.8. The van der Waals surface area contributed by atoms with Gasteiger partial charge in [0.05, 0.1) is 11.3 Å². The van der Waals surface area contributed by atoms with Gasteiger partial charge in [0.15, 0.2) is 5.13 Å². The van der Waals surface area contributed by atoms with Gasteiger partial charge in [-0.15, -0.1) is 11.3 Å². The van der Waals surface area contributed by atoms with Crippen LogP contribution in [0, 0.1) is 5.95 Å². The highest BCUT2D eigenvalue weighted by atomic mass is 32.1. The van der Waals surface area contributed by atoms with E-state index in [0.717, 1.165) is 17.3 Å². The van der Waals surface area contributed by atoms with Gasteiger partial charge in [0.25, 0.3) is 5.91 Å². The molecule has 1 amide bonds. The number of benzene rings is 1. The molecule has 0 bridgehead atoms. The molecule has 128 valence electrons. The maximum atomic E-state index is 12.8. The molecule has 0 aliphatic carbocycles. The standard InChI is InChI=1S/C19H18FN3OS/c1-19(2,3)14-7-4-12(5-8-14)15-11-25-18(22-15)23-17(24)13-6-9-16(20)21-10-13/h4-11H,1-3H3,(H,22,23,24). The van der Waals surface area contributed by atoms with E-state index in [1.54, 1.807) is 0 Å². The summed E-state index contributed by atoms with van der Waals surface area (Å²) in [5.41, 5.74) is 3.44. The van der Waals surface area contributed by atoms with Gasteiger partial charge in [-0.1, -0.05) is 45.0 Å². The van der Waals surface area contributed by atoms with Crippen LogP contribution < -0.4 is 5.32 Å². The fourth-order valence-corrected chi connectivity index (χ4v) is 3.00. The van der Waals surface area contributed by atoms with Crippen molar-refractivity contribution in [2.24, 2.45) is 0 Å². The number of rotatable bonds is 3. The molecule has 2 heterocycles. The lowest BCUT2D eigenvalue weighted by Crippen LogP contribution is -2.12. The molecule has 25 heavy (non-hydrogen) atoms. The van der Waals surface area contributed by atoms with Crippen molar-refractivity contribution in [3.05, 3.63) is 65.0 Å². The van der Waals surface area contributed by atoms with Crippen LogP contribution in [0.1, 0.15) is 36.7 Å². The molecule has 2 aromatic heterocycles. The molecule has 4 nitrogen and oxygen atoms in total. The number of amides is 1. The third-order valence-electron chi connectivity index (χ3n) is 3.76. The van der Waals surface area contributed by atoms with E-state index < -0.39 is 5.95 Å². The van der Waals surface area contributed by atoms with Crippen LogP contribution in [0.2, 0.25) is 0 Å². The minimum Gasteiger partial charge on any atom is -0.298 e. The van der Waals surface area contributed by atoms with Gasteiger partial charge < -0.3 is 0 Å². The molecular weight excluding hydrogens is 337 g/mol. The van der Waals surface area contributed by atoms with Gasteiger partial charge in [-0.05, 0) is 23.1 Å². The molecular formula is C19H18FN3OS. The zero-order valence-corrected chi connectivity index (χ0v) is 15.0. The van der Waals surface area contributed by atoms with E-state index in [2.05, 4.69) is 48.2 Å². The molecule has 0 saturated carbocycles. The van der Waals surface area contributed by atoms with Crippen molar-refractivity contribution in [2.75, 3.05) is 5.32 Å². The minimum absolute atomic E-state index is 0.100. The number of aromatic nitrogens is 2. The quantitative estimate of drug-likeness (QED) is 0.680. The van der Waals surface area contributed by atoms with Crippen molar-refractivity contribution in [3.8, 4) is 11.3 Å². The number of hydrogen-bond acceptors (Lipinski definition) is 4. The summed E-state index contributed by atoms with van der Waals surface area (Å²) in [5, 5.41) is 5.09. The van der Waals surface area contributed by atoms with Gasteiger partial charge in [0, 0.05) is 17.1 Å². The Morgan fingerprint density at radius 3 is 2.44 bits per heavy atom. The topological polar surface area (TPSA) is 54.9 Å². The average molecular weight is 355 g/mol. The maximum Gasteiger partial charge on any atom is 0.259 e. The van der Waals surface area contributed by atoms with Crippen LogP contribution in [0.15, 0.2) is 48.0 Å². The first kappa shape index (κ1) is 17.2. The Labute approximate surface area is 149 Å². The van der Waals surface area contributed by atoms with Crippen molar-refractivity contribution >= 4 is 22.4 Å². The molecule has 1 aromatic carbocycles. The number of thiazole rings is 1. The first-order valence-electron chi connectivity index (χ1n) is 7.82. The number of nitrogens with one attached hydrogen (secondary N) is 1. The highest BCUT2D eigenvalue weighted by Crippen LogP contribution is 2.28. The number of nitrogens with zero attached hydrogens (tertiary/aromatic N) is 2. The fraction of sp³-hybridized carbons (Fsp3) is 0.211. The van der Waals surface area contributed by atoms with E-state index in [9.17, 15) is 9.18 Å². The van der Waals surface area contributed by atoms with E-state index in [1.807, 2.05) is 17.5 Å². The number of carbonyl (C=O) groups is 1. The van der Waals surface area contributed by atoms with Gasteiger partial charge in [0.1, 0.15) is 0 Å². The normalized spacial score (nSPS) is 11.4. The SMILES string of the molecule is CC(C)(C)c1ccc(-c2csc(NC(=O)c3ccc(F)nc3)n2)cc1. The second-order valence-corrected chi connectivity index (χ2v) is 7.55. The van der Waals surface area contributed by atoms with Crippen LogP contribution in [0.5, 0.6) is 0 Å². The molecule has 0 saturated heterocycles. The molecule has 0 aliphatic rings. The monoisotopic (exact) mass is 355 g/mol. The van der Waals surface area contributed by atoms with Crippen LogP contribution in [-0.2, 0) is 5.41 Å². The molecule has 3 aromatic rings. The summed E-state index contributed by atoms with van der Waals surface area (Å²) in [7, 11) is 0. The molecule has 0 aliphatic heterocycles. The van der Waals surface area contributed by atoms with Crippen molar-refractivity contribution in [1.29, 1.82) is 0 Å². The Balaban J connectivity index is 1.74. The lowest BCUT2D eigenvalue weighted by Gasteiger charge is -2.18. The minimum atomic E-state index is -0.619. The van der Waals surface area contributed by atoms with E-state index in [1.165, 1.54) is 29.2 Å². The van der Waals surface area contributed by atoms with Gasteiger partial charge >= 0.3 is 0 Å². The zero-order chi connectivity index (χ0) is 18.0. The molecule has 0 unspecified atom stereocenters.